The number of nitrogens with zero attached hydrogens (tertiary/aromatic N) is 1. The van der Waals surface area contributed by atoms with Crippen molar-refractivity contribution in [2.75, 3.05) is 7.05 Å². The molecule has 0 radical (unpaired) electrons. The summed E-state index contributed by atoms with van der Waals surface area (Å²) >= 11 is 9.29. The highest BCUT2D eigenvalue weighted by Crippen LogP contribution is 2.15. The SMILES string of the molecule is CN(Cc1cccc(Cl)c1)C(=O)c1ccc(Br)cc1. The van der Waals surface area contributed by atoms with Crippen LogP contribution in [-0.4, -0.2) is 17.9 Å². The fourth-order valence-corrected chi connectivity index (χ4v) is 2.27. The second-order valence-corrected chi connectivity index (χ2v) is 5.65. The van der Waals surface area contributed by atoms with Crippen LogP contribution < -0.4 is 0 Å². The maximum absolute atomic E-state index is 12.2. The highest BCUT2D eigenvalue weighted by Gasteiger charge is 2.11. The molecule has 2 aromatic rings. The molecule has 2 nitrogen and oxygen atoms in total. The van der Waals surface area contributed by atoms with Crippen LogP contribution in [0, 0.1) is 0 Å². The Kier molecular flexibility index (Phi) is 4.61. The quantitative estimate of drug-likeness (QED) is 0.813. The van der Waals surface area contributed by atoms with Gasteiger partial charge in [-0.15, -0.1) is 0 Å². The van der Waals surface area contributed by atoms with Gasteiger partial charge in [0.1, 0.15) is 0 Å². The van der Waals surface area contributed by atoms with Crippen LogP contribution in [0.1, 0.15) is 15.9 Å². The molecule has 0 unspecified atom stereocenters. The van der Waals surface area contributed by atoms with Crippen LogP contribution in [0.4, 0.5) is 0 Å². The first kappa shape index (κ1) is 14.1. The molecule has 0 saturated carbocycles. The second kappa shape index (κ2) is 6.22. The van der Waals surface area contributed by atoms with Gasteiger partial charge in [-0.1, -0.05) is 39.7 Å². The van der Waals surface area contributed by atoms with E-state index < -0.39 is 0 Å². The largest absolute Gasteiger partial charge is 0.337 e. The van der Waals surface area contributed by atoms with Crippen LogP contribution in [0.5, 0.6) is 0 Å². The van der Waals surface area contributed by atoms with E-state index >= 15 is 0 Å². The number of halogens is 2. The van der Waals surface area contributed by atoms with Crippen LogP contribution in [0.25, 0.3) is 0 Å². The Hall–Kier alpha value is -1.32. The molecular weight excluding hydrogens is 326 g/mol. The minimum absolute atomic E-state index is 0.00697. The Balaban J connectivity index is 2.09. The zero-order valence-corrected chi connectivity index (χ0v) is 12.8. The Morgan fingerprint density at radius 1 is 1.21 bits per heavy atom. The topological polar surface area (TPSA) is 20.3 Å². The molecule has 0 aliphatic heterocycles. The van der Waals surface area contributed by atoms with E-state index in [1.165, 1.54) is 0 Å². The molecule has 0 N–H and O–H groups in total. The Bertz CT molecular complexity index is 583. The summed E-state index contributed by atoms with van der Waals surface area (Å²) in [6.07, 6.45) is 0. The molecule has 0 bridgehead atoms. The lowest BCUT2D eigenvalue weighted by Gasteiger charge is -2.17. The zero-order chi connectivity index (χ0) is 13.8. The Labute approximate surface area is 126 Å². The first-order valence-electron chi connectivity index (χ1n) is 5.82. The lowest BCUT2D eigenvalue weighted by molar-refractivity contribution is 0.0785. The summed E-state index contributed by atoms with van der Waals surface area (Å²) in [5.41, 5.74) is 1.69. The van der Waals surface area contributed by atoms with E-state index in [9.17, 15) is 4.79 Å². The highest BCUT2D eigenvalue weighted by atomic mass is 79.9. The normalized spacial score (nSPS) is 10.3. The lowest BCUT2D eigenvalue weighted by atomic mass is 10.1. The number of rotatable bonds is 3. The summed E-state index contributed by atoms with van der Waals surface area (Å²) in [6, 6.07) is 14.9. The van der Waals surface area contributed by atoms with Crippen molar-refractivity contribution >= 4 is 33.4 Å². The monoisotopic (exact) mass is 337 g/mol. The van der Waals surface area contributed by atoms with Crippen LogP contribution in [0.15, 0.2) is 53.0 Å². The van der Waals surface area contributed by atoms with E-state index in [1.54, 1.807) is 24.1 Å². The van der Waals surface area contributed by atoms with Gasteiger partial charge < -0.3 is 4.90 Å². The third-order valence-corrected chi connectivity index (χ3v) is 3.51. The molecule has 19 heavy (non-hydrogen) atoms. The van der Waals surface area contributed by atoms with Crippen LogP contribution in [0.2, 0.25) is 5.02 Å². The Morgan fingerprint density at radius 3 is 2.53 bits per heavy atom. The molecule has 0 aromatic heterocycles. The first-order chi connectivity index (χ1) is 9.06. The molecule has 0 fully saturated rings. The number of benzene rings is 2. The van der Waals surface area contributed by atoms with Gasteiger partial charge in [0.2, 0.25) is 0 Å². The lowest BCUT2D eigenvalue weighted by Crippen LogP contribution is -2.26. The molecule has 4 heteroatoms. The van der Waals surface area contributed by atoms with Crippen molar-refractivity contribution in [3.05, 3.63) is 69.2 Å². The average Bonchev–Trinajstić information content (AvgIpc) is 2.39. The third kappa shape index (κ3) is 3.82. The van der Waals surface area contributed by atoms with Gasteiger partial charge in [0.15, 0.2) is 0 Å². The minimum atomic E-state index is -0.00697. The second-order valence-electron chi connectivity index (χ2n) is 4.30. The van der Waals surface area contributed by atoms with Crippen LogP contribution >= 0.6 is 27.5 Å². The van der Waals surface area contributed by atoms with Crippen molar-refractivity contribution in [3.63, 3.8) is 0 Å². The van der Waals surface area contributed by atoms with E-state index in [0.717, 1.165) is 10.0 Å². The molecule has 0 spiro atoms. The van der Waals surface area contributed by atoms with Gasteiger partial charge in [0.05, 0.1) is 0 Å². The van der Waals surface area contributed by atoms with Crippen molar-refractivity contribution < 1.29 is 4.79 Å². The van der Waals surface area contributed by atoms with Crippen LogP contribution in [0.3, 0.4) is 0 Å². The van der Waals surface area contributed by atoms with Gasteiger partial charge in [-0.2, -0.15) is 0 Å². The van der Waals surface area contributed by atoms with Crippen LogP contribution in [-0.2, 0) is 6.54 Å². The summed E-state index contributed by atoms with van der Waals surface area (Å²) in [5, 5.41) is 0.682. The minimum Gasteiger partial charge on any atom is -0.337 e. The van der Waals surface area contributed by atoms with Crippen molar-refractivity contribution in [3.8, 4) is 0 Å². The summed E-state index contributed by atoms with van der Waals surface area (Å²) in [5.74, 6) is -0.00697. The zero-order valence-electron chi connectivity index (χ0n) is 10.4. The fourth-order valence-electron chi connectivity index (χ4n) is 1.79. The molecule has 2 rings (SSSR count). The van der Waals surface area contributed by atoms with E-state index in [4.69, 9.17) is 11.6 Å². The van der Waals surface area contributed by atoms with Gasteiger partial charge >= 0.3 is 0 Å². The summed E-state index contributed by atoms with van der Waals surface area (Å²) in [6.45, 7) is 0.537. The predicted octanol–water partition coefficient (Wildman–Crippen LogP) is 4.37. The molecule has 98 valence electrons. The maximum Gasteiger partial charge on any atom is 0.253 e. The molecule has 0 atom stereocenters. The van der Waals surface area contributed by atoms with E-state index in [0.29, 0.717) is 17.1 Å². The molecule has 1 amide bonds. The summed E-state index contributed by atoms with van der Waals surface area (Å²) in [7, 11) is 1.78. The molecular formula is C15H13BrClNO. The smallest absolute Gasteiger partial charge is 0.253 e. The number of amides is 1. The Morgan fingerprint density at radius 2 is 1.89 bits per heavy atom. The van der Waals surface area contributed by atoms with Crippen molar-refractivity contribution in [2.45, 2.75) is 6.54 Å². The number of hydrogen-bond acceptors (Lipinski definition) is 1. The van der Waals surface area contributed by atoms with Crippen molar-refractivity contribution in [1.82, 2.24) is 4.90 Å². The number of carbonyl (C=O) groups is 1. The van der Waals surface area contributed by atoms with E-state index in [2.05, 4.69) is 15.9 Å². The standard InChI is InChI=1S/C15H13BrClNO/c1-18(10-11-3-2-4-14(17)9-11)15(19)12-5-7-13(16)8-6-12/h2-9H,10H2,1H3. The summed E-state index contributed by atoms with van der Waals surface area (Å²) < 4.78 is 0.960. The van der Waals surface area contributed by atoms with Gasteiger partial charge in [-0.3, -0.25) is 4.79 Å². The fraction of sp³-hybridized carbons (Fsp3) is 0.133. The first-order valence-corrected chi connectivity index (χ1v) is 6.99. The predicted molar refractivity (Wildman–Crippen MR) is 81.4 cm³/mol. The maximum atomic E-state index is 12.2. The average molecular weight is 339 g/mol. The van der Waals surface area contributed by atoms with Gasteiger partial charge in [0.25, 0.3) is 5.91 Å². The number of hydrogen-bond donors (Lipinski definition) is 0. The van der Waals surface area contributed by atoms with Gasteiger partial charge in [-0.05, 0) is 42.0 Å². The molecule has 0 aliphatic rings. The molecule has 0 saturated heterocycles. The van der Waals surface area contributed by atoms with Crippen molar-refractivity contribution in [2.24, 2.45) is 0 Å². The highest BCUT2D eigenvalue weighted by molar-refractivity contribution is 9.10. The number of carbonyl (C=O) groups excluding carboxylic acids is 1. The molecule has 2 aromatic carbocycles. The van der Waals surface area contributed by atoms with Crippen molar-refractivity contribution in [1.29, 1.82) is 0 Å². The molecule has 0 aliphatic carbocycles. The van der Waals surface area contributed by atoms with E-state index in [-0.39, 0.29) is 5.91 Å². The van der Waals surface area contributed by atoms with Gasteiger partial charge in [0, 0.05) is 28.7 Å². The molecule has 0 heterocycles. The summed E-state index contributed by atoms with van der Waals surface area (Å²) in [4.78, 5) is 13.9. The van der Waals surface area contributed by atoms with Gasteiger partial charge in [-0.25, -0.2) is 0 Å². The van der Waals surface area contributed by atoms with E-state index in [1.807, 2.05) is 36.4 Å². The third-order valence-electron chi connectivity index (χ3n) is 2.75.